The van der Waals surface area contributed by atoms with Gasteiger partial charge >= 0.3 is 0 Å². The molecule has 0 unspecified atom stereocenters. The van der Waals surface area contributed by atoms with E-state index in [4.69, 9.17) is 10.5 Å². The van der Waals surface area contributed by atoms with Gasteiger partial charge in [0.2, 0.25) is 0 Å². The van der Waals surface area contributed by atoms with Gasteiger partial charge < -0.3 is 21.1 Å². The van der Waals surface area contributed by atoms with Crippen molar-refractivity contribution in [2.75, 3.05) is 32.8 Å². The highest BCUT2D eigenvalue weighted by atomic mass is 79.9. The van der Waals surface area contributed by atoms with Crippen LogP contribution in [-0.2, 0) is 6.54 Å². The van der Waals surface area contributed by atoms with E-state index < -0.39 is 0 Å². The Morgan fingerprint density at radius 1 is 1.22 bits per heavy atom. The fourth-order valence-electron chi connectivity index (χ4n) is 1.56. The van der Waals surface area contributed by atoms with Gasteiger partial charge in [-0.3, -0.25) is 0 Å². The second kappa shape index (κ2) is 9.33. The van der Waals surface area contributed by atoms with E-state index in [1.54, 1.807) is 0 Å². The molecule has 18 heavy (non-hydrogen) atoms. The van der Waals surface area contributed by atoms with Crippen molar-refractivity contribution >= 4 is 15.9 Å². The lowest BCUT2D eigenvalue weighted by molar-refractivity contribution is 0.338. The molecule has 5 heteroatoms. The molecule has 0 spiro atoms. The summed E-state index contributed by atoms with van der Waals surface area (Å²) in [5.41, 5.74) is 6.63. The van der Waals surface area contributed by atoms with Crippen LogP contribution in [-0.4, -0.2) is 32.8 Å². The molecule has 0 radical (unpaired) electrons. The topological polar surface area (TPSA) is 59.3 Å². The number of nitrogens with one attached hydrogen (secondary N) is 2. The van der Waals surface area contributed by atoms with E-state index in [0.29, 0.717) is 13.2 Å². The van der Waals surface area contributed by atoms with Crippen molar-refractivity contribution in [1.82, 2.24) is 10.6 Å². The molecule has 1 rings (SSSR count). The van der Waals surface area contributed by atoms with Crippen LogP contribution in [0.3, 0.4) is 0 Å². The van der Waals surface area contributed by atoms with Gasteiger partial charge in [0.15, 0.2) is 0 Å². The van der Waals surface area contributed by atoms with Crippen molar-refractivity contribution in [2.24, 2.45) is 5.73 Å². The lowest BCUT2D eigenvalue weighted by atomic mass is 10.2. The summed E-state index contributed by atoms with van der Waals surface area (Å²) in [7, 11) is 0. The molecule has 0 bridgehead atoms. The summed E-state index contributed by atoms with van der Waals surface area (Å²) in [6.45, 7) is 6.96. The van der Waals surface area contributed by atoms with Gasteiger partial charge in [-0.1, -0.05) is 6.07 Å². The maximum Gasteiger partial charge on any atom is 0.133 e. The van der Waals surface area contributed by atoms with Crippen molar-refractivity contribution in [3.63, 3.8) is 0 Å². The molecule has 0 aromatic heterocycles. The minimum atomic E-state index is 0.684. The average molecular weight is 316 g/mol. The van der Waals surface area contributed by atoms with Gasteiger partial charge in [0.25, 0.3) is 0 Å². The van der Waals surface area contributed by atoms with Gasteiger partial charge in [-0.25, -0.2) is 0 Å². The van der Waals surface area contributed by atoms with Gasteiger partial charge in [0.1, 0.15) is 5.75 Å². The molecule has 0 heterocycles. The fraction of sp³-hybridized carbons (Fsp3) is 0.538. The highest BCUT2D eigenvalue weighted by Crippen LogP contribution is 2.25. The molecule has 0 aliphatic heterocycles. The van der Waals surface area contributed by atoms with E-state index in [1.165, 1.54) is 5.56 Å². The van der Waals surface area contributed by atoms with Crippen molar-refractivity contribution in [2.45, 2.75) is 13.5 Å². The zero-order valence-corrected chi connectivity index (χ0v) is 12.4. The van der Waals surface area contributed by atoms with Crippen LogP contribution in [0.5, 0.6) is 5.75 Å². The average Bonchev–Trinajstić information content (AvgIpc) is 2.37. The van der Waals surface area contributed by atoms with Crippen LogP contribution >= 0.6 is 15.9 Å². The van der Waals surface area contributed by atoms with Gasteiger partial charge in [-0.2, -0.15) is 0 Å². The van der Waals surface area contributed by atoms with E-state index >= 15 is 0 Å². The van der Waals surface area contributed by atoms with E-state index in [9.17, 15) is 0 Å². The molecule has 4 N–H and O–H groups in total. The molecular formula is C13H22BrN3O. The Labute approximate surface area is 117 Å². The molecule has 1 aromatic rings. The Morgan fingerprint density at radius 2 is 2.00 bits per heavy atom. The SMILES string of the molecule is CCOc1ccc(CNCCNCCN)cc1Br. The molecule has 1 aromatic carbocycles. The summed E-state index contributed by atoms with van der Waals surface area (Å²) in [6, 6.07) is 6.17. The van der Waals surface area contributed by atoms with Gasteiger partial charge in [-0.15, -0.1) is 0 Å². The highest BCUT2D eigenvalue weighted by molar-refractivity contribution is 9.10. The van der Waals surface area contributed by atoms with E-state index in [-0.39, 0.29) is 0 Å². The van der Waals surface area contributed by atoms with Crippen molar-refractivity contribution in [3.05, 3.63) is 28.2 Å². The minimum absolute atomic E-state index is 0.684. The predicted octanol–water partition coefficient (Wildman–Crippen LogP) is 1.49. The minimum Gasteiger partial charge on any atom is -0.493 e. The number of halogens is 1. The van der Waals surface area contributed by atoms with E-state index in [1.807, 2.05) is 13.0 Å². The molecular weight excluding hydrogens is 294 g/mol. The predicted molar refractivity (Wildman–Crippen MR) is 78.9 cm³/mol. The molecule has 0 aliphatic carbocycles. The Hall–Kier alpha value is -0.620. The molecule has 0 amide bonds. The third-order valence-corrected chi connectivity index (χ3v) is 3.04. The molecule has 102 valence electrons. The lowest BCUT2D eigenvalue weighted by Crippen LogP contribution is -2.30. The Morgan fingerprint density at radius 3 is 2.67 bits per heavy atom. The first-order chi connectivity index (χ1) is 8.77. The maximum atomic E-state index is 5.47. The summed E-state index contributed by atoms with van der Waals surface area (Å²) in [5, 5.41) is 6.62. The lowest BCUT2D eigenvalue weighted by Gasteiger charge is -2.09. The van der Waals surface area contributed by atoms with Crippen LogP contribution in [0, 0.1) is 0 Å². The molecule has 0 saturated carbocycles. The molecule has 0 aliphatic rings. The number of benzene rings is 1. The summed E-state index contributed by atoms with van der Waals surface area (Å²) < 4.78 is 6.48. The van der Waals surface area contributed by atoms with Gasteiger partial charge in [0, 0.05) is 32.7 Å². The standard InChI is InChI=1S/C13H22BrN3O/c1-2-18-13-4-3-11(9-12(13)14)10-17-8-7-16-6-5-15/h3-4,9,16-17H,2,5-8,10,15H2,1H3. The normalized spacial score (nSPS) is 10.6. The number of ether oxygens (including phenoxy) is 1. The van der Waals surface area contributed by atoms with Gasteiger partial charge in [-0.05, 0) is 40.5 Å². The second-order valence-electron chi connectivity index (χ2n) is 3.91. The Kier molecular flexibility index (Phi) is 8.00. The second-order valence-corrected chi connectivity index (χ2v) is 4.77. The molecule has 0 fully saturated rings. The van der Waals surface area contributed by atoms with Crippen LogP contribution in [0.25, 0.3) is 0 Å². The molecule has 0 atom stereocenters. The quantitative estimate of drug-likeness (QED) is 0.604. The first-order valence-electron chi connectivity index (χ1n) is 6.30. The van der Waals surface area contributed by atoms with Crippen LogP contribution in [0.1, 0.15) is 12.5 Å². The summed E-state index contributed by atoms with van der Waals surface area (Å²) in [6.07, 6.45) is 0. The molecule has 4 nitrogen and oxygen atoms in total. The summed E-state index contributed by atoms with van der Waals surface area (Å²) in [4.78, 5) is 0. The summed E-state index contributed by atoms with van der Waals surface area (Å²) >= 11 is 3.51. The first-order valence-corrected chi connectivity index (χ1v) is 7.10. The number of nitrogens with two attached hydrogens (primary N) is 1. The number of rotatable bonds is 9. The Balaban J connectivity index is 2.28. The van der Waals surface area contributed by atoms with Crippen LogP contribution in [0.4, 0.5) is 0 Å². The van der Waals surface area contributed by atoms with Crippen LogP contribution in [0.15, 0.2) is 22.7 Å². The van der Waals surface area contributed by atoms with E-state index in [2.05, 4.69) is 38.7 Å². The third-order valence-electron chi connectivity index (χ3n) is 2.42. The fourth-order valence-corrected chi connectivity index (χ4v) is 2.10. The summed E-state index contributed by atoms with van der Waals surface area (Å²) in [5.74, 6) is 0.894. The van der Waals surface area contributed by atoms with Crippen LogP contribution in [0.2, 0.25) is 0 Å². The third kappa shape index (κ3) is 5.82. The van der Waals surface area contributed by atoms with Crippen molar-refractivity contribution < 1.29 is 4.74 Å². The largest absolute Gasteiger partial charge is 0.493 e. The number of hydrogen-bond acceptors (Lipinski definition) is 4. The molecule has 0 saturated heterocycles. The number of hydrogen-bond donors (Lipinski definition) is 3. The monoisotopic (exact) mass is 315 g/mol. The van der Waals surface area contributed by atoms with E-state index in [0.717, 1.165) is 36.4 Å². The maximum absolute atomic E-state index is 5.47. The Bertz CT molecular complexity index is 347. The zero-order chi connectivity index (χ0) is 13.2. The highest BCUT2D eigenvalue weighted by Gasteiger charge is 2.01. The van der Waals surface area contributed by atoms with Gasteiger partial charge in [0.05, 0.1) is 11.1 Å². The van der Waals surface area contributed by atoms with Crippen molar-refractivity contribution in [1.29, 1.82) is 0 Å². The smallest absolute Gasteiger partial charge is 0.133 e. The zero-order valence-electron chi connectivity index (χ0n) is 10.8. The van der Waals surface area contributed by atoms with Crippen LogP contribution < -0.4 is 21.1 Å². The van der Waals surface area contributed by atoms with Crippen molar-refractivity contribution in [3.8, 4) is 5.75 Å². The first kappa shape index (κ1) is 15.4.